The SMILES string of the molecule is CC1CCN(Cc2csc(NC(=O)C3CCN(C(=O)/C=C/c4ccccc4)CC3)n2)CC1. The van der Waals surface area contributed by atoms with Crippen LogP contribution in [0.25, 0.3) is 6.08 Å². The number of hydrogen-bond acceptors (Lipinski definition) is 5. The van der Waals surface area contributed by atoms with Gasteiger partial charge in [-0.3, -0.25) is 14.5 Å². The summed E-state index contributed by atoms with van der Waals surface area (Å²) >= 11 is 1.50. The molecule has 7 heteroatoms. The summed E-state index contributed by atoms with van der Waals surface area (Å²) < 4.78 is 0. The molecule has 0 aliphatic carbocycles. The highest BCUT2D eigenvalue weighted by Gasteiger charge is 2.27. The highest BCUT2D eigenvalue weighted by Crippen LogP contribution is 2.23. The van der Waals surface area contributed by atoms with Gasteiger partial charge in [-0.15, -0.1) is 11.3 Å². The first-order chi connectivity index (χ1) is 15.6. The standard InChI is InChI=1S/C25H32N4O2S/c1-19-9-13-28(14-10-19)17-22-18-32-25(26-22)27-24(31)21-11-15-29(16-12-21)23(30)8-7-20-5-3-2-4-6-20/h2-8,18-19,21H,9-17H2,1H3,(H,26,27,31)/b8-7+. The number of likely N-dealkylation sites (tertiary alicyclic amines) is 2. The van der Waals surface area contributed by atoms with Gasteiger partial charge in [0.15, 0.2) is 5.13 Å². The van der Waals surface area contributed by atoms with E-state index in [9.17, 15) is 9.59 Å². The fraction of sp³-hybridized carbons (Fsp3) is 0.480. The average molecular weight is 453 g/mol. The van der Waals surface area contributed by atoms with Crippen LogP contribution >= 0.6 is 11.3 Å². The first kappa shape index (κ1) is 22.7. The number of hydrogen-bond donors (Lipinski definition) is 1. The van der Waals surface area contributed by atoms with Gasteiger partial charge in [-0.25, -0.2) is 4.98 Å². The van der Waals surface area contributed by atoms with Crippen LogP contribution in [0.3, 0.4) is 0 Å². The molecule has 0 spiro atoms. The Morgan fingerprint density at radius 2 is 1.81 bits per heavy atom. The van der Waals surface area contributed by atoms with Crippen molar-refractivity contribution in [2.24, 2.45) is 11.8 Å². The second kappa shape index (κ2) is 10.9. The summed E-state index contributed by atoms with van der Waals surface area (Å²) in [5.41, 5.74) is 2.04. The largest absolute Gasteiger partial charge is 0.339 e. The molecule has 0 radical (unpaired) electrons. The fourth-order valence-electron chi connectivity index (χ4n) is 4.29. The van der Waals surface area contributed by atoms with Gasteiger partial charge in [-0.1, -0.05) is 37.3 Å². The Labute approximate surface area is 194 Å². The van der Waals surface area contributed by atoms with Gasteiger partial charge in [-0.2, -0.15) is 0 Å². The minimum atomic E-state index is -0.0758. The Kier molecular flexibility index (Phi) is 7.71. The summed E-state index contributed by atoms with van der Waals surface area (Å²) in [6, 6.07) is 9.80. The fourth-order valence-corrected chi connectivity index (χ4v) is 5.00. The molecule has 2 fully saturated rings. The normalized spacial score (nSPS) is 18.8. The van der Waals surface area contributed by atoms with E-state index in [-0.39, 0.29) is 17.7 Å². The van der Waals surface area contributed by atoms with Gasteiger partial charge in [-0.05, 0) is 56.3 Å². The minimum Gasteiger partial charge on any atom is -0.339 e. The van der Waals surface area contributed by atoms with Crippen LogP contribution in [0.1, 0.15) is 43.9 Å². The van der Waals surface area contributed by atoms with Crippen LogP contribution < -0.4 is 5.32 Å². The third-order valence-electron chi connectivity index (χ3n) is 6.44. The van der Waals surface area contributed by atoms with Gasteiger partial charge in [0.25, 0.3) is 0 Å². The van der Waals surface area contributed by atoms with Crippen LogP contribution in [0, 0.1) is 11.8 Å². The number of piperidine rings is 2. The van der Waals surface area contributed by atoms with Crippen LogP contribution in [0.4, 0.5) is 5.13 Å². The first-order valence-corrected chi connectivity index (χ1v) is 12.4. The third-order valence-corrected chi connectivity index (χ3v) is 7.25. The van der Waals surface area contributed by atoms with Crippen LogP contribution in [0.5, 0.6) is 0 Å². The van der Waals surface area contributed by atoms with Crippen molar-refractivity contribution in [3.8, 4) is 0 Å². The zero-order valence-electron chi connectivity index (χ0n) is 18.7. The van der Waals surface area contributed by atoms with E-state index in [1.807, 2.05) is 46.7 Å². The van der Waals surface area contributed by atoms with Crippen molar-refractivity contribution in [1.29, 1.82) is 0 Å². The van der Waals surface area contributed by atoms with Crippen molar-refractivity contribution in [2.45, 2.75) is 39.2 Å². The molecule has 0 saturated carbocycles. The van der Waals surface area contributed by atoms with Gasteiger partial charge in [0, 0.05) is 37.0 Å². The molecule has 1 aromatic heterocycles. The highest BCUT2D eigenvalue weighted by molar-refractivity contribution is 7.13. The minimum absolute atomic E-state index is 0.00406. The number of nitrogens with one attached hydrogen (secondary N) is 1. The van der Waals surface area contributed by atoms with E-state index in [4.69, 9.17) is 0 Å². The van der Waals surface area contributed by atoms with Gasteiger partial charge in [0.05, 0.1) is 5.69 Å². The molecule has 2 saturated heterocycles. The van der Waals surface area contributed by atoms with Crippen molar-refractivity contribution in [1.82, 2.24) is 14.8 Å². The number of anilines is 1. The molecule has 0 bridgehead atoms. The van der Waals surface area contributed by atoms with Crippen molar-refractivity contribution < 1.29 is 9.59 Å². The van der Waals surface area contributed by atoms with Gasteiger partial charge in [0.1, 0.15) is 0 Å². The summed E-state index contributed by atoms with van der Waals surface area (Å²) in [4.78, 5) is 34.1. The van der Waals surface area contributed by atoms with Crippen LogP contribution in [-0.4, -0.2) is 52.8 Å². The zero-order chi connectivity index (χ0) is 22.3. The summed E-state index contributed by atoms with van der Waals surface area (Å²) in [6.45, 7) is 6.63. The summed E-state index contributed by atoms with van der Waals surface area (Å²) in [7, 11) is 0. The van der Waals surface area contributed by atoms with E-state index in [1.165, 1.54) is 24.2 Å². The lowest BCUT2D eigenvalue weighted by molar-refractivity contribution is -0.130. The molecular weight excluding hydrogens is 420 g/mol. The van der Waals surface area contributed by atoms with Gasteiger partial charge < -0.3 is 10.2 Å². The molecule has 170 valence electrons. The lowest BCUT2D eigenvalue weighted by Gasteiger charge is -2.30. The van der Waals surface area contributed by atoms with E-state index < -0.39 is 0 Å². The first-order valence-electron chi connectivity index (χ1n) is 11.6. The molecule has 32 heavy (non-hydrogen) atoms. The topological polar surface area (TPSA) is 65.5 Å². The van der Waals surface area contributed by atoms with E-state index in [0.717, 1.165) is 36.8 Å². The summed E-state index contributed by atoms with van der Waals surface area (Å²) in [5.74, 6) is 0.764. The van der Waals surface area contributed by atoms with E-state index in [0.29, 0.717) is 31.1 Å². The van der Waals surface area contributed by atoms with Crippen LogP contribution in [0.2, 0.25) is 0 Å². The Balaban J connectivity index is 1.21. The number of rotatable bonds is 6. The van der Waals surface area contributed by atoms with E-state index >= 15 is 0 Å². The molecule has 4 rings (SSSR count). The molecule has 2 aliphatic rings. The van der Waals surface area contributed by atoms with E-state index in [2.05, 4.69) is 22.1 Å². The van der Waals surface area contributed by atoms with Crippen molar-refractivity contribution in [3.05, 3.63) is 53.0 Å². The molecule has 0 unspecified atom stereocenters. The predicted octanol–water partition coefficient (Wildman–Crippen LogP) is 4.27. The lowest BCUT2D eigenvalue weighted by atomic mass is 9.96. The van der Waals surface area contributed by atoms with Crippen molar-refractivity contribution in [2.75, 3.05) is 31.5 Å². The molecule has 1 aromatic carbocycles. The monoisotopic (exact) mass is 452 g/mol. The van der Waals surface area contributed by atoms with Crippen molar-refractivity contribution >= 4 is 34.4 Å². The Morgan fingerprint density at radius 3 is 2.53 bits per heavy atom. The third kappa shape index (κ3) is 6.26. The average Bonchev–Trinajstić information content (AvgIpc) is 3.26. The quantitative estimate of drug-likeness (QED) is 0.665. The molecule has 2 amide bonds. The van der Waals surface area contributed by atoms with Crippen LogP contribution in [0.15, 0.2) is 41.8 Å². The number of thiazole rings is 1. The highest BCUT2D eigenvalue weighted by atomic mass is 32.1. The maximum absolute atomic E-state index is 12.7. The number of carbonyl (C=O) groups is 2. The number of amides is 2. The van der Waals surface area contributed by atoms with Gasteiger partial charge >= 0.3 is 0 Å². The van der Waals surface area contributed by atoms with Crippen LogP contribution in [-0.2, 0) is 16.1 Å². The maximum atomic E-state index is 12.7. The molecular formula is C25H32N4O2S. The Hall–Kier alpha value is -2.51. The summed E-state index contributed by atoms with van der Waals surface area (Å²) in [6.07, 6.45) is 7.32. The second-order valence-corrected chi connectivity index (χ2v) is 9.79. The Morgan fingerprint density at radius 1 is 1.09 bits per heavy atom. The molecule has 2 aliphatic heterocycles. The molecule has 1 N–H and O–H groups in total. The summed E-state index contributed by atoms with van der Waals surface area (Å²) in [5, 5.41) is 5.73. The molecule has 2 aromatic rings. The number of aromatic nitrogens is 1. The maximum Gasteiger partial charge on any atom is 0.246 e. The smallest absolute Gasteiger partial charge is 0.246 e. The van der Waals surface area contributed by atoms with Crippen molar-refractivity contribution in [3.63, 3.8) is 0 Å². The zero-order valence-corrected chi connectivity index (χ0v) is 19.5. The van der Waals surface area contributed by atoms with E-state index in [1.54, 1.807) is 6.08 Å². The Bertz CT molecular complexity index is 926. The predicted molar refractivity (Wildman–Crippen MR) is 129 cm³/mol. The molecule has 3 heterocycles. The number of carbonyl (C=O) groups excluding carboxylic acids is 2. The number of benzene rings is 1. The second-order valence-electron chi connectivity index (χ2n) is 8.94. The molecule has 6 nitrogen and oxygen atoms in total. The van der Waals surface area contributed by atoms with Gasteiger partial charge in [0.2, 0.25) is 11.8 Å². The molecule has 0 atom stereocenters. The lowest BCUT2D eigenvalue weighted by Crippen LogP contribution is -2.40. The number of nitrogens with zero attached hydrogens (tertiary/aromatic N) is 3.